The van der Waals surface area contributed by atoms with E-state index >= 15 is 0 Å². The molecule has 2 rings (SSSR count). The van der Waals surface area contributed by atoms with Gasteiger partial charge >= 0.3 is 0 Å². The van der Waals surface area contributed by atoms with Gasteiger partial charge in [-0.3, -0.25) is 15.0 Å². The molecule has 0 unspecified atom stereocenters. The highest BCUT2D eigenvalue weighted by atomic mass is 16.5. The average molecular weight is 305 g/mol. The zero-order valence-electron chi connectivity index (χ0n) is 13.2. The SMILES string of the molecule is COC(=NCCN1CCOCC1)NC(=O)c1ccccc1C. The molecule has 1 fully saturated rings. The van der Waals surface area contributed by atoms with Crippen molar-refractivity contribution in [2.24, 2.45) is 4.99 Å². The Bertz CT molecular complexity index is 525. The number of carbonyl (C=O) groups is 1. The molecule has 0 aliphatic carbocycles. The highest BCUT2D eigenvalue weighted by Crippen LogP contribution is 2.06. The van der Waals surface area contributed by atoms with Crippen LogP contribution in [0.5, 0.6) is 0 Å². The van der Waals surface area contributed by atoms with Gasteiger partial charge in [-0.1, -0.05) is 18.2 Å². The first kappa shape index (κ1) is 16.5. The van der Waals surface area contributed by atoms with Crippen LogP contribution < -0.4 is 5.32 Å². The molecule has 1 heterocycles. The third-order valence-corrected chi connectivity index (χ3v) is 3.58. The molecule has 1 N–H and O–H groups in total. The number of nitrogens with one attached hydrogen (secondary N) is 1. The molecular weight excluding hydrogens is 282 g/mol. The Hall–Kier alpha value is -1.92. The normalized spacial score (nSPS) is 16.4. The third-order valence-electron chi connectivity index (χ3n) is 3.58. The van der Waals surface area contributed by atoms with E-state index in [-0.39, 0.29) is 11.9 Å². The lowest BCUT2D eigenvalue weighted by molar-refractivity contribution is 0.0394. The lowest BCUT2D eigenvalue weighted by atomic mass is 10.1. The van der Waals surface area contributed by atoms with E-state index < -0.39 is 0 Å². The number of aliphatic imine (C=N–C) groups is 1. The minimum absolute atomic E-state index is 0.204. The lowest BCUT2D eigenvalue weighted by Gasteiger charge is -2.25. The van der Waals surface area contributed by atoms with Crippen LogP contribution in [-0.2, 0) is 9.47 Å². The summed E-state index contributed by atoms with van der Waals surface area (Å²) in [5, 5.41) is 2.71. The summed E-state index contributed by atoms with van der Waals surface area (Å²) in [7, 11) is 1.51. The van der Waals surface area contributed by atoms with E-state index in [0.29, 0.717) is 12.1 Å². The van der Waals surface area contributed by atoms with Crippen molar-refractivity contribution in [1.29, 1.82) is 0 Å². The summed E-state index contributed by atoms with van der Waals surface area (Å²) >= 11 is 0. The number of carbonyl (C=O) groups excluding carboxylic acids is 1. The number of rotatable bonds is 4. The van der Waals surface area contributed by atoms with Crippen molar-refractivity contribution in [1.82, 2.24) is 10.2 Å². The van der Waals surface area contributed by atoms with Gasteiger partial charge in [0, 0.05) is 25.2 Å². The predicted molar refractivity (Wildman–Crippen MR) is 85.2 cm³/mol. The van der Waals surface area contributed by atoms with Crippen molar-refractivity contribution >= 4 is 11.9 Å². The highest BCUT2D eigenvalue weighted by Gasteiger charge is 2.12. The number of methoxy groups -OCH3 is 1. The van der Waals surface area contributed by atoms with Crippen LogP contribution in [0.1, 0.15) is 15.9 Å². The second kappa shape index (κ2) is 8.51. The maximum atomic E-state index is 12.2. The van der Waals surface area contributed by atoms with E-state index in [2.05, 4.69) is 15.2 Å². The summed E-state index contributed by atoms with van der Waals surface area (Å²) in [6.07, 6.45) is 0. The zero-order valence-corrected chi connectivity index (χ0v) is 13.2. The first-order valence-electron chi connectivity index (χ1n) is 7.46. The second-order valence-electron chi connectivity index (χ2n) is 5.11. The summed E-state index contributed by atoms with van der Waals surface area (Å²) in [6.45, 7) is 6.70. The second-order valence-corrected chi connectivity index (χ2v) is 5.11. The van der Waals surface area contributed by atoms with Gasteiger partial charge in [-0.25, -0.2) is 4.99 Å². The topological polar surface area (TPSA) is 63.2 Å². The Balaban J connectivity index is 1.86. The molecule has 0 aromatic heterocycles. The summed E-state index contributed by atoms with van der Waals surface area (Å²) in [4.78, 5) is 18.8. The van der Waals surface area contributed by atoms with Crippen LogP contribution in [0.25, 0.3) is 0 Å². The Labute approximate surface area is 131 Å². The monoisotopic (exact) mass is 305 g/mol. The predicted octanol–water partition coefficient (Wildman–Crippen LogP) is 1.06. The maximum Gasteiger partial charge on any atom is 0.291 e. The van der Waals surface area contributed by atoms with Crippen LogP contribution in [-0.4, -0.2) is 63.3 Å². The van der Waals surface area contributed by atoms with Crippen LogP contribution in [0, 0.1) is 6.92 Å². The summed E-state index contributed by atoms with van der Waals surface area (Å²) in [6, 6.07) is 7.67. The number of aryl methyl sites for hydroxylation is 1. The number of nitrogens with zero attached hydrogens (tertiary/aromatic N) is 2. The molecule has 6 heteroatoms. The number of amides is 1. The van der Waals surface area contributed by atoms with Gasteiger partial charge in [0.25, 0.3) is 11.9 Å². The molecule has 1 amide bonds. The Morgan fingerprint density at radius 2 is 2.09 bits per heavy atom. The number of amidine groups is 1. The fourth-order valence-corrected chi connectivity index (χ4v) is 2.26. The van der Waals surface area contributed by atoms with E-state index in [9.17, 15) is 4.79 Å². The molecule has 0 radical (unpaired) electrons. The van der Waals surface area contributed by atoms with Gasteiger partial charge in [-0.15, -0.1) is 0 Å². The molecule has 1 aliphatic rings. The fourth-order valence-electron chi connectivity index (χ4n) is 2.26. The van der Waals surface area contributed by atoms with Crippen molar-refractivity contribution in [3.05, 3.63) is 35.4 Å². The first-order valence-corrected chi connectivity index (χ1v) is 7.46. The molecule has 0 atom stereocenters. The van der Waals surface area contributed by atoms with Crippen molar-refractivity contribution in [2.45, 2.75) is 6.92 Å². The van der Waals surface area contributed by atoms with E-state index in [1.807, 2.05) is 25.1 Å². The number of morpholine rings is 1. The minimum Gasteiger partial charge on any atom is -0.468 e. The third kappa shape index (κ3) is 4.82. The van der Waals surface area contributed by atoms with Gasteiger partial charge in [-0.2, -0.15) is 0 Å². The van der Waals surface area contributed by atoms with Gasteiger partial charge in [0.05, 0.1) is 26.9 Å². The van der Waals surface area contributed by atoms with Crippen LogP contribution in [0.3, 0.4) is 0 Å². The smallest absolute Gasteiger partial charge is 0.291 e. The average Bonchev–Trinajstić information content (AvgIpc) is 2.55. The fraction of sp³-hybridized carbons (Fsp3) is 0.500. The van der Waals surface area contributed by atoms with Crippen molar-refractivity contribution in [2.75, 3.05) is 46.5 Å². The molecule has 0 bridgehead atoms. The first-order chi connectivity index (χ1) is 10.7. The molecule has 1 saturated heterocycles. The largest absolute Gasteiger partial charge is 0.468 e. The standard InChI is InChI=1S/C16H23N3O3/c1-13-5-3-4-6-14(13)15(20)18-16(21-2)17-7-8-19-9-11-22-12-10-19/h3-6H,7-12H2,1-2H3,(H,17,18,20). The van der Waals surface area contributed by atoms with Crippen LogP contribution in [0.2, 0.25) is 0 Å². The van der Waals surface area contributed by atoms with Gasteiger partial charge in [0.2, 0.25) is 0 Å². The number of hydrogen-bond acceptors (Lipinski definition) is 5. The van der Waals surface area contributed by atoms with Gasteiger partial charge in [-0.05, 0) is 18.6 Å². The molecular formula is C16H23N3O3. The van der Waals surface area contributed by atoms with E-state index in [4.69, 9.17) is 9.47 Å². The lowest BCUT2D eigenvalue weighted by Crippen LogP contribution is -2.38. The zero-order chi connectivity index (χ0) is 15.8. The van der Waals surface area contributed by atoms with Crippen molar-refractivity contribution in [3.8, 4) is 0 Å². The van der Waals surface area contributed by atoms with Gasteiger partial charge in [0.15, 0.2) is 0 Å². The molecule has 1 aliphatic heterocycles. The molecule has 120 valence electrons. The van der Waals surface area contributed by atoms with Crippen molar-refractivity contribution in [3.63, 3.8) is 0 Å². The Morgan fingerprint density at radius 1 is 1.36 bits per heavy atom. The summed E-state index contributed by atoms with van der Waals surface area (Å²) in [5.74, 6) is -0.204. The molecule has 22 heavy (non-hydrogen) atoms. The van der Waals surface area contributed by atoms with Crippen LogP contribution in [0.4, 0.5) is 0 Å². The maximum absolute atomic E-state index is 12.2. The van der Waals surface area contributed by atoms with E-state index in [1.165, 1.54) is 7.11 Å². The molecule has 1 aromatic carbocycles. The van der Waals surface area contributed by atoms with Crippen LogP contribution in [0.15, 0.2) is 29.3 Å². The number of ether oxygens (including phenoxy) is 2. The summed E-state index contributed by atoms with van der Waals surface area (Å²) in [5.41, 5.74) is 1.55. The Morgan fingerprint density at radius 3 is 2.77 bits per heavy atom. The van der Waals surface area contributed by atoms with E-state index in [0.717, 1.165) is 38.4 Å². The number of hydrogen-bond donors (Lipinski definition) is 1. The summed E-state index contributed by atoms with van der Waals surface area (Å²) < 4.78 is 10.4. The quantitative estimate of drug-likeness (QED) is 0.667. The van der Waals surface area contributed by atoms with E-state index in [1.54, 1.807) is 6.07 Å². The minimum atomic E-state index is -0.204. The molecule has 1 aromatic rings. The number of benzene rings is 1. The molecule has 0 saturated carbocycles. The van der Waals surface area contributed by atoms with Gasteiger partial charge < -0.3 is 9.47 Å². The van der Waals surface area contributed by atoms with Crippen LogP contribution >= 0.6 is 0 Å². The Kier molecular flexibility index (Phi) is 6.36. The van der Waals surface area contributed by atoms with Crippen molar-refractivity contribution < 1.29 is 14.3 Å². The highest BCUT2D eigenvalue weighted by molar-refractivity contribution is 6.04. The van der Waals surface area contributed by atoms with Gasteiger partial charge in [0.1, 0.15) is 0 Å². The molecule has 0 spiro atoms. The molecule has 6 nitrogen and oxygen atoms in total.